The molecule has 8 nitrogen and oxygen atoms in total. The lowest BCUT2D eigenvalue weighted by atomic mass is 10.2. The summed E-state index contributed by atoms with van der Waals surface area (Å²) in [7, 11) is -4.30. The van der Waals surface area contributed by atoms with Crippen molar-refractivity contribution in [2.45, 2.75) is 22.6 Å². The lowest BCUT2D eigenvalue weighted by molar-refractivity contribution is 0.102. The van der Waals surface area contributed by atoms with Crippen molar-refractivity contribution in [1.29, 1.82) is 0 Å². The maximum atomic E-state index is 12.6. The van der Waals surface area contributed by atoms with Gasteiger partial charge in [-0.2, -0.15) is 4.31 Å². The quantitative estimate of drug-likeness (QED) is 0.744. The number of hydrogen-bond donors (Lipinski definition) is 1. The van der Waals surface area contributed by atoms with Gasteiger partial charge < -0.3 is 5.32 Å². The van der Waals surface area contributed by atoms with Gasteiger partial charge in [0.1, 0.15) is 0 Å². The molecule has 1 fully saturated rings. The van der Waals surface area contributed by atoms with E-state index in [-0.39, 0.29) is 15.4 Å². The summed E-state index contributed by atoms with van der Waals surface area (Å²) in [5, 5.41) is 2.64. The van der Waals surface area contributed by atoms with Gasteiger partial charge in [0.05, 0.1) is 9.79 Å². The fraction of sp³-hybridized carbons (Fsp3) is 0.316. The number of carbonyl (C=O) groups is 1. The Morgan fingerprint density at radius 2 is 1.55 bits per heavy atom. The zero-order valence-electron chi connectivity index (χ0n) is 16.2. The number of hydrogen-bond acceptors (Lipinski definition) is 5. The molecule has 1 heterocycles. The van der Waals surface area contributed by atoms with Gasteiger partial charge in [0, 0.05) is 38.4 Å². The Morgan fingerprint density at radius 3 is 2.14 bits per heavy atom. The van der Waals surface area contributed by atoms with Gasteiger partial charge in [-0.1, -0.05) is 6.07 Å². The summed E-state index contributed by atoms with van der Waals surface area (Å²) >= 11 is 0. The van der Waals surface area contributed by atoms with E-state index in [1.54, 1.807) is 6.07 Å². The molecular weight excluding hydrogens is 414 g/mol. The summed E-state index contributed by atoms with van der Waals surface area (Å²) in [5.41, 5.74) is 0.595. The van der Waals surface area contributed by atoms with Gasteiger partial charge >= 0.3 is 0 Å². The highest BCUT2D eigenvalue weighted by molar-refractivity contribution is 7.89. The van der Waals surface area contributed by atoms with Crippen molar-refractivity contribution < 1.29 is 21.6 Å². The van der Waals surface area contributed by atoms with Crippen molar-refractivity contribution in [3.8, 4) is 0 Å². The summed E-state index contributed by atoms with van der Waals surface area (Å²) in [6.07, 6.45) is 1.70. The number of anilines is 1. The second-order valence-electron chi connectivity index (χ2n) is 6.90. The molecule has 29 heavy (non-hydrogen) atoms. The molecule has 0 spiro atoms. The van der Waals surface area contributed by atoms with Crippen molar-refractivity contribution in [3.63, 3.8) is 0 Å². The first-order valence-corrected chi connectivity index (χ1v) is 11.9. The summed E-state index contributed by atoms with van der Waals surface area (Å²) in [4.78, 5) is 12.7. The molecule has 1 saturated heterocycles. The predicted octanol–water partition coefficient (Wildman–Crippen LogP) is 1.97. The monoisotopic (exact) mass is 437 g/mol. The van der Waals surface area contributed by atoms with Crippen molar-refractivity contribution >= 4 is 31.6 Å². The zero-order valence-corrected chi connectivity index (χ0v) is 17.8. The van der Waals surface area contributed by atoms with Gasteiger partial charge in [-0.05, 0) is 55.3 Å². The van der Waals surface area contributed by atoms with Crippen LogP contribution in [0.3, 0.4) is 0 Å². The van der Waals surface area contributed by atoms with Crippen LogP contribution in [0.1, 0.15) is 23.2 Å². The molecule has 1 amide bonds. The molecule has 1 aliphatic rings. The van der Waals surface area contributed by atoms with Crippen LogP contribution in [0.4, 0.5) is 5.69 Å². The Bertz CT molecular complexity index is 1100. The minimum Gasteiger partial charge on any atom is -0.322 e. The topological polar surface area (TPSA) is 104 Å². The van der Waals surface area contributed by atoms with E-state index in [1.807, 2.05) is 0 Å². The number of rotatable bonds is 6. The molecule has 1 aliphatic heterocycles. The van der Waals surface area contributed by atoms with Crippen molar-refractivity contribution in [1.82, 2.24) is 8.61 Å². The van der Waals surface area contributed by atoms with E-state index in [1.165, 1.54) is 60.9 Å². The van der Waals surface area contributed by atoms with Crippen molar-refractivity contribution in [3.05, 3.63) is 54.1 Å². The summed E-state index contributed by atoms with van der Waals surface area (Å²) in [5.74, 6) is -0.463. The Balaban J connectivity index is 1.77. The minimum absolute atomic E-state index is 0.0624. The molecule has 0 radical (unpaired) electrons. The predicted molar refractivity (Wildman–Crippen MR) is 110 cm³/mol. The molecule has 1 N–H and O–H groups in total. The largest absolute Gasteiger partial charge is 0.322 e. The molecule has 0 aliphatic carbocycles. The van der Waals surface area contributed by atoms with Crippen LogP contribution < -0.4 is 5.32 Å². The van der Waals surface area contributed by atoms with Gasteiger partial charge in [0.2, 0.25) is 20.0 Å². The molecule has 3 rings (SSSR count). The number of amides is 1. The van der Waals surface area contributed by atoms with Gasteiger partial charge in [0.25, 0.3) is 5.91 Å². The number of carbonyl (C=O) groups excluding carboxylic acids is 1. The van der Waals surface area contributed by atoms with Gasteiger partial charge in [-0.15, -0.1) is 0 Å². The SMILES string of the molecule is CN(C)S(=O)(=O)c1cccc(NC(=O)c2ccc(S(=O)(=O)N3CCCC3)cc2)c1. The molecular formula is C19H23N3O5S2. The van der Waals surface area contributed by atoms with E-state index in [9.17, 15) is 21.6 Å². The first-order valence-electron chi connectivity index (χ1n) is 9.06. The Morgan fingerprint density at radius 1 is 0.931 bits per heavy atom. The zero-order chi connectivity index (χ0) is 21.2. The number of nitrogens with zero attached hydrogens (tertiary/aromatic N) is 2. The molecule has 0 saturated carbocycles. The minimum atomic E-state index is -3.62. The smallest absolute Gasteiger partial charge is 0.255 e. The summed E-state index contributed by atoms with van der Waals surface area (Å²) in [6, 6.07) is 11.7. The third-order valence-corrected chi connectivity index (χ3v) is 8.41. The Labute approximate surface area is 171 Å². The Kier molecular flexibility index (Phi) is 6.08. The molecule has 0 bridgehead atoms. The van der Waals surface area contributed by atoms with Gasteiger partial charge in [0.15, 0.2) is 0 Å². The van der Waals surface area contributed by atoms with Crippen LogP contribution in [-0.2, 0) is 20.0 Å². The number of benzene rings is 2. The third kappa shape index (κ3) is 4.50. The van der Waals surface area contributed by atoms with Gasteiger partial charge in [-0.3, -0.25) is 4.79 Å². The highest BCUT2D eigenvalue weighted by Crippen LogP contribution is 2.22. The van der Waals surface area contributed by atoms with Crippen molar-refractivity contribution in [2.24, 2.45) is 0 Å². The van der Waals surface area contributed by atoms with E-state index in [4.69, 9.17) is 0 Å². The average Bonchev–Trinajstić information content (AvgIpc) is 3.24. The van der Waals surface area contributed by atoms with E-state index < -0.39 is 26.0 Å². The van der Waals surface area contributed by atoms with Crippen LogP contribution >= 0.6 is 0 Å². The van der Waals surface area contributed by atoms with Crippen LogP contribution in [0.15, 0.2) is 58.3 Å². The van der Waals surface area contributed by atoms with E-state index in [0.717, 1.165) is 17.1 Å². The van der Waals surface area contributed by atoms with Crippen molar-refractivity contribution in [2.75, 3.05) is 32.5 Å². The molecule has 0 atom stereocenters. The fourth-order valence-corrected chi connectivity index (χ4v) is 5.47. The summed E-state index contributed by atoms with van der Waals surface area (Å²) < 4.78 is 52.1. The first kappa shape index (κ1) is 21.4. The highest BCUT2D eigenvalue weighted by Gasteiger charge is 2.27. The number of nitrogens with one attached hydrogen (secondary N) is 1. The average molecular weight is 438 g/mol. The fourth-order valence-electron chi connectivity index (χ4n) is 3.00. The van der Waals surface area contributed by atoms with Crippen LogP contribution in [0.2, 0.25) is 0 Å². The van der Waals surface area contributed by atoms with Crippen LogP contribution in [-0.4, -0.2) is 58.5 Å². The highest BCUT2D eigenvalue weighted by atomic mass is 32.2. The molecule has 0 aromatic heterocycles. The summed E-state index contributed by atoms with van der Waals surface area (Å²) in [6.45, 7) is 1.02. The molecule has 2 aromatic carbocycles. The van der Waals surface area contributed by atoms with E-state index >= 15 is 0 Å². The molecule has 10 heteroatoms. The van der Waals surface area contributed by atoms with E-state index in [0.29, 0.717) is 18.8 Å². The lowest BCUT2D eigenvalue weighted by Crippen LogP contribution is -2.27. The first-order chi connectivity index (χ1) is 13.6. The lowest BCUT2D eigenvalue weighted by Gasteiger charge is -2.15. The van der Waals surface area contributed by atoms with Gasteiger partial charge in [-0.25, -0.2) is 21.1 Å². The molecule has 2 aromatic rings. The third-order valence-electron chi connectivity index (χ3n) is 4.69. The standard InChI is InChI=1S/C19H23N3O5S2/c1-21(2)28(24,25)18-7-5-6-16(14-18)20-19(23)15-8-10-17(11-9-15)29(26,27)22-12-3-4-13-22/h5-11,14H,3-4,12-13H2,1-2H3,(H,20,23). The van der Waals surface area contributed by atoms with E-state index in [2.05, 4.69) is 5.32 Å². The second kappa shape index (κ2) is 8.23. The maximum absolute atomic E-state index is 12.6. The number of sulfonamides is 2. The normalized spacial score (nSPS) is 15.6. The second-order valence-corrected chi connectivity index (χ2v) is 11.0. The van der Waals surface area contributed by atoms with Crippen LogP contribution in [0, 0.1) is 0 Å². The molecule has 0 unspecified atom stereocenters. The van der Waals surface area contributed by atoms with Crippen LogP contribution in [0.5, 0.6) is 0 Å². The maximum Gasteiger partial charge on any atom is 0.255 e. The Hall–Kier alpha value is -2.27. The van der Waals surface area contributed by atoms with Crippen LogP contribution in [0.25, 0.3) is 0 Å². The molecule has 156 valence electrons.